The molecule has 0 bridgehead atoms. The van der Waals surface area contributed by atoms with Gasteiger partial charge in [-0.15, -0.1) is 0 Å². The van der Waals surface area contributed by atoms with Crippen LogP contribution >= 0.6 is 0 Å². The molecule has 1 rings (SSSR count). The number of carbonyl (C=O) groups is 1. The fourth-order valence-electron chi connectivity index (χ4n) is 2.03. The van der Waals surface area contributed by atoms with E-state index >= 15 is 0 Å². The number of furan rings is 1. The Morgan fingerprint density at radius 1 is 1.26 bits per heavy atom. The Labute approximate surface area is 139 Å². The Hall–Kier alpha value is -1.98. The number of aryl methyl sites for hydroxylation is 1. The normalized spacial score (nSPS) is 13.6. The van der Waals surface area contributed by atoms with E-state index in [-0.39, 0.29) is 11.9 Å². The minimum absolute atomic E-state index is 0.00548. The van der Waals surface area contributed by atoms with E-state index in [0.717, 1.165) is 18.1 Å². The summed E-state index contributed by atoms with van der Waals surface area (Å²) in [6.45, 7) is 13.4. The molecule has 0 aliphatic heterocycles. The van der Waals surface area contributed by atoms with Gasteiger partial charge in [-0.2, -0.15) is 0 Å². The van der Waals surface area contributed by atoms with Crippen molar-refractivity contribution in [3.05, 3.63) is 23.7 Å². The van der Waals surface area contributed by atoms with Crippen LogP contribution in [0.2, 0.25) is 0 Å². The van der Waals surface area contributed by atoms with E-state index in [9.17, 15) is 4.79 Å². The van der Waals surface area contributed by atoms with Gasteiger partial charge >= 0.3 is 0 Å². The molecular weight excluding hydrogens is 292 g/mol. The van der Waals surface area contributed by atoms with Gasteiger partial charge in [-0.3, -0.25) is 9.79 Å². The van der Waals surface area contributed by atoms with E-state index in [1.807, 2.05) is 53.7 Å². The zero-order valence-electron chi connectivity index (χ0n) is 15.1. The van der Waals surface area contributed by atoms with Crippen LogP contribution in [0.4, 0.5) is 0 Å². The molecule has 1 heterocycles. The molecule has 0 spiro atoms. The van der Waals surface area contributed by atoms with Gasteiger partial charge in [-0.1, -0.05) is 0 Å². The first kappa shape index (κ1) is 19.1. The van der Waals surface area contributed by atoms with Crippen LogP contribution in [-0.4, -0.2) is 31.5 Å². The predicted octanol–water partition coefficient (Wildman–Crippen LogP) is 2.37. The summed E-state index contributed by atoms with van der Waals surface area (Å²) in [5.74, 6) is 2.42. The lowest BCUT2D eigenvalue weighted by Crippen LogP contribution is -2.42. The summed E-state index contributed by atoms with van der Waals surface area (Å²) in [7, 11) is 0. The van der Waals surface area contributed by atoms with Crippen molar-refractivity contribution in [2.75, 3.05) is 19.6 Å². The van der Waals surface area contributed by atoms with E-state index in [0.29, 0.717) is 19.0 Å². The number of carbonyl (C=O) groups excluding carboxylic acids is 1. The van der Waals surface area contributed by atoms with Crippen molar-refractivity contribution < 1.29 is 9.21 Å². The molecule has 130 valence electrons. The summed E-state index contributed by atoms with van der Waals surface area (Å²) in [5, 5.41) is 9.35. The van der Waals surface area contributed by atoms with E-state index in [4.69, 9.17) is 4.42 Å². The summed E-state index contributed by atoms with van der Waals surface area (Å²) in [6.07, 6.45) is 0. The van der Waals surface area contributed by atoms with Crippen molar-refractivity contribution in [1.82, 2.24) is 16.0 Å². The van der Waals surface area contributed by atoms with Gasteiger partial charge in [0.05, 0.1) is 18.0 Å². The number of hydrogen-bond acceptors (Lipinski definition) is 3. The Balaban J connectivity index is 2.74. The summed E-state index contributed by atoms with van der Waals surface area (Å²) in [6, 6.07) is 3.89. The monoisotopic (exact) mass is 322 g/mol. The molecule has 0 saturated heterocycles. The summed E-state index contributed by atoms with van der Waals surface area (Å²) in [5.41, 5.74) is -0.553. The summed E-state index contributed by atoms with van der Waals surface area (Å²) in [4.78, 5) is 16.6. The highest BCUT2D eigenvalue weighted by atomic mass is 16.3. The summed E-state index contributed by atoms with van der Waals surface area (Å²) < 4.78 is 5.63. The second-order valence-corrected chi connectivity index (χ2v) is 6.25. The van der Waals surface area contributed by atoms with Crippen LogP contribution in [0.15, 0.2) is 21.5 Å². The number of hydrogen-bond donors (Lipinski definition) is 3. The average molecular weight is 322 g/mol. The molecule has 1 aromatic rings. The minimum atomic E-state index is -0.553. The number of aliphatic imine (C=N–C) groups is 1. The fraction of sp³-hybridized carbons (Fsp3) is 0.647. The third-order valence-corrected chi connectivity index (χ3v) is 3.47. The zero-order chi connectivity index (χ0) is 17.5. The molecule has 1 atom stereocenters. The topological polar surface area (TPSA) is 78.7 Å². The SMILES string of the molecule is CCNC(=O)C(C)(C)CN=C(NCC)NC(C)c1ccc(C)o1. The van der Waals surface area contributed by atoms with Crippen molar-refractivity contribution in [3.8, 4) is 0 Å². The Kier molecular flexibility index (Phi) is 7.13. The number of guanidine groups is 1. The summed E-state index contributed by atoms with van der Waals surface area (Å²) >= 11 is 0. The predicted molar refractivity (Wildman–Crippen MR) is 93.4 cm³/mol. The van der Waals surface area contributed by atoms with Gasteiger partial charge in [0.1, 0.15) is 11.5 Å². The smallest absolute Gasteiger partial charge is 0.227 e. The Morgan fingerprint density at radius 2 is 1.91 bits per heavy atom. The van der Waals surface area contributed by atoms with Crippen LogP contribution < -0.4 is 16.0 Å². The number of amides is 1. The van der Waals surface area contributed by atoms with Crippen molar-refractivity contribution in [3.63, 3.8) is 0 Å². The van der Waals surface area contributed by atoms with Crippen LogP contribution in [0.3, 0.4) is 0 Å². The second-order valence-electron chi connectivity index (χ2n) is 6.25. The lowest BCUT2D eigenvalue weighted by Gasteiger charge is -2.22. The third kappa shape index (κ3) is 5.96. The van der Waals surface area contributed by atoms with Crippen LogP contribution in [0.25, 0.3) is 0 Å². The highest BCUT2D eigenvalue weighted by Gasteiger charge is 2.27. The highest BCUT2D eigenvalue weighted by molar-refractivity contribution is 5.83. The molecule has 6 nitrogen and oxygen atoms in total. The number of nitrogens with one attached hydrogen (secondary N) is 3. The lowest BCUT2D eigenvalue weighted by atomic mass is 9.92. The number of rotatable bonds is 7. The van der Waals surface area contributed by atoms with E-state index < -0.39 is 5.41 Å². The van der Waals surface area contributed by atoms with Crippen LogP contribution in [0, 0.1) is 12.3 Å². The zero-order valence-corrected chi connectivity index (χ0v) is 15.1. The molecule has 0 radical (unpaired) electrons. The molecule has 6 heteroatoms. The quantitative estimate of drug-likeness (QED) is 0.532. The van der Waals surface area contributed by atoms with E-state index in [2.05, 4.69) is 20.9 Å². The molecule has 1 amide bonds. The second kappa shape index (κ2) is 8.60. The van der Waals surface area contributed by atoms with Crippen LogP contribution in [0.5, 0.6) is 0 Å². The van der Waals surface area contributed by atoms with Gasteiger partial charge < -0.3 is 20.4 Å². The molecule has 23 heavy (non-hydrogen) atoms. The van der Waals surface area contributed by atoms with Gasteiger partial charge in [0.15, 0.2) is 5.96 Å². The van der Waals surface area contributed by atoms with E-state index in [1.54, 1.807) is 0 Å². The first-order chi connectivity index (χ1) is 10.8. The molecule has 1 unspecified atom stereocenters. The van der Waals surface area contributed by atoms with Crippen LogP contribution in [0.1, 0.15) is 52.2 Å². The highest BCUT2D eigenvalue weighted by Crippen LogP contribution is 2.17. The van der Waals surface area contributed by atoms with Gasteiger partial charge in [-0.25, -0.2) is 0 Å². The van der Waals surface area contributed by atoms with E-state index in [1.165, 1.54) is 0 Å². The van der Waals surface area contributed by atoms with Crippen molar-refractivity contribution in [1.29, 1.82) is 0 Å². The van der Waals surface area contributed by atoms with Gasteiger partial charge in [0.2, 0.25) is 5.91 Å². The maximum atomic E-state index is 12.0. The lowest BCUT2D eigenvalue weighted by molar-refractivity contribution is -0.128. The molecule has 1 aromatic heterocycles. The maximum absolute atomic E-state index is 12.0. The molecule has 3 N–H and O–H groups in total. The van der Waals surface area contributed by atoms with Gasteiger partial charge in [-0.05, 0) is 53.7 Å². The maximum Gasteiger partial charge on any atom is 0.227 e. The first-order valence-corrected chi connectivity index (χ1v) is 8.19. The molecule has 0 saturated carbocycles. The molecular formula is C17H30N4O2. The third-order valence-electron chi connectivity index (χ3n) is 3.47. The largest absolute Gasteiger partial charge is 0.464 e. The molecule has 0 aliphatic rings. The standard InChI is InChI=1S/C17H30N4O2/c1-7-18-15(22)17(5,6)11-20-16(19-8-2)21-13(4)14-10-9-12(3)23-14/h9-10,13H,7-8,11H2,1-6H3,(H,18,22)(H2,19,20,21). The minimum Gasteiger partial charge on any atom is -0.464 e. The van der Waals surface area contributed by atoms with Crippen molar-refractivity contribution in [2.24, 2.45) is 10.4 Å². The first-order valence-electron chi connectivity index (χ1n) is 8.19. The Morgan fingerprint density at radius 3 is 2.43 bits per heavy atom. The van der Waals surface area contributed by atoms with Gasteiger partial charge in [0, 0.05) is 13.1 Å². The Bertz CT molecular complexity index is 534. The van der Waals surface area contributed by atoms with Crippen molar-refractivity contribution >= 4 is 11.9 Å². The van der Waals surface area contributed by atoms with Gasteiger partial charge in [0.25, 0.3) is 0 Å². The molecule has 0 aliphatic carbocycles. The van der Waals surface area contributed by atoms with Crippen LogP contribution in [-0.2, 0) is 4.79 Å². The fourth-order valence-corrected chi connectivity index (χ4v) is 2.03. The number of nitrogens with zero attached hydrogens (tertiary/aromatic N) is 1. The average Bonchev–Trinajstić information content (AvgIpc) is 2.92. The molecule has 0 aromatic carbocycles. The van der Waals surface area contributed by atoms with Crippen molar-refractivity contribution in [2.45, 2.75) is 47.6 Å². The molecule has 0 fully saturated rings.